The largest absolute Gasteiger partial charge is 0.354 e. The number of nitrogens with one attached hydrogen (secondary N) is 3. The van der Waals surface area contributed by atoms with E-state index in [4.69, 9.17) is 0 Å². The molecule has 8 heteroatoms. The van der Waals surface area contributed by atoms with Gasteiger partial charge in [0.25, 0.3) is 0 Å². The molecular weight excluding hydrogens is 366 g/mol. The molecule has 0 aromatic carbocycles. The molecule has 1 aliphatic rings. The number of amides is 1. The molecular formula is C21H23N7O. The summed E-state index contributed by atoms with van der Waals surface area (Å²) in [6, 6.07) is 6.75. The zero-order valence-corrected chi connectivity index (χ0v) is 16.2. The van der Waals surface area contributed by atoms with Gasteiger partial charge in [-0.05, 0) is 49.4 Å². The molecule has 5 rings (SSSR count). The normalized spacial score (nSPS) is 19.5. The fourth-order valence-electron chi connectivity index (χ4n) is 4.16. The lowest BCUT2D eigenvalue weighted by molar-refractivity contribution is -0.119. The van der Waals surface area contributed by atoms with Crippen LogP contribution in [0.3, 0.4) is 0 Å². The van der Waals surface area contributed by atoms with Crippen LogP contribution in [0.25, 0.3) is 27.7 Å². The molecule has 4 aromatic rings. The number of pyridine rings is 1. The summed E-state index contributed by atoms with van der Waals surface area (Å²) in [5.41, 5.74) is 4.04. The predicted octanol–water partition coefficient (Wildman–Crippen LogP) is 3.13. The Kier molecular flexibility index (Phi) is 4.38. The van der Waals surface area contributed by atoms with Crippen molar-refractivity contribution in [3.05, 3.63) is 43.0 Å². The minimum atomic E-state index is 0.0464. The zero-order chi connectivity index (χ0) is 19.8. The third-order valence-electron chi connectivity index (χ3n) is 5.61. The summed E-state index contributed by atoms with van der Waals surface area (Å²) in [7, 11) is 0. The van der Waals surface area contributed by atoms with Gasteiger partial charge in [0.05, 0.1) is 5.52 Å². The fraction of sp³-hybridized carbons (Fsp3) is 0.333. The SMILES string of the molecule is CC(=O)NC1CCC(Nc2ncc3c(-c4ccn5nccc5c4)c[nH]c3n2)CC1. The first-order valence-corrected chi connectivity index (χ1v) is 9.97. The molecule has 4 heterocycles. The molecule has 0 bridgehead atoms. The second kappa shape index (κ2) is 7.20. The van der Waals surface area contributed by atoms with Crippen molar-refractivity contribution in [1.29, 1.82) is 0 Å². The molecule has 0 unspecified atom stereocenters. The Morgan fingerprint density at radius 1 is 1.21 bits per heavy atom. The van der Waals surface area contributed by atoms with Gasteiger partial charge in [-0.2, -0.15) is 10.1 Å². The van der Waals surface area contributed by atoms with Crippen LogP contribution in [-0.2, 0) is 4.79 Å². The van der Waals surface area contributed by atoms with Crippen molar-refractivity contribution in [3.63, 3.8) is 0 Å². The number of carbonyl (C=O) groups is 1. The van der Waals surface area contributed by atoms with Gasteiger partial charge in [-0.3, -0.25) is 4.79 Å². The van der Waals surface area contributed by atoms with Gasteiger partial charge in [-0.1, -0.05) is 0 Å². The van der Waals surface area contributed by atoms with Crippen molar-refractivity contribution in [2.75, 3.05) is 5.32 Å². The molecule has 1 aliphatic carbocycles. The monoisotopic (exact) mass is 389 g/mol. The first-order chi connectivity index (χ1) is 14.2. The molecule has 0 radical (unpaired) electrons. The van der Waals surface area contributed by atoms with Crippen molar-refractivity contribution in [1.82, 2.24) is 29.9 Å². The van der Waals surface area contributed by atoms with E-state index in [1.807, 2.05) is 35.2 Å². The van der Waals surface area contributed by atoms with Gasteiger partial charge in [0.2, 0.25) is 11.9 Å². The maximum Gasteiger partial charge on any atom is 0.224 e. The van der Waals surface area contributed by atoms with Gasteiger partial charge >= 0.3 is 0 Å². The Hall–Kier alpha value is -3.42. The van der Waals surface area contributed by atoms with E-state index in [1.54, 1.807) is 13.1 Å². The summed E-state index contributed by atoms with van der Waals surface area (Å²) in [4.78, 5) is 23.7. The van der Waals surface area contributed by atoms with Crippen LogP contribution in [-0.4, -0.2) is 42.6 Å². The molecule has 0 spiro atoms. The molecule has 0 saturated heterocycles. The van der Waals surface area contributed by atoms with E-state index in [9.17, 15) is 4.79 Å². The van der Waals surface area contributed by atoms with Crippen LogP contribution < -0.4 is 10.6 Å². The lowest BCUT2D eigenvalue weighted by Gasteiger charge is -2.29. The molecule has 148 valence electrons. The Bertz CT molecular complexity index is 1170. The van der Waals surface area contributed by atoms with Gasteiger partial charge < -0.3 is 15.6 Å². The summed E-state index contributed by atoms with van der Waals surface area (Å²) in [6.45, 7) is 1.58. The lowest BCUT2D eigenvalue weighted by atomic mass is 9.91. The number of hydrogen-bond donors (Lipinski definition) is 3. The van der Waals surface area contributed by atoms with Crippen molar-refractivity contribution in [2.24, 2.45) is 0 Å². The first kappa shape index (κ1) is 17.7. The summed E-state index contributed by atoms with van der Waals surface area (Å²) in [5.74, 6) is 0.685. The molecule has 0 aliphatic heterocycles. The van der Waals surface area contributed by atoms with E-state index in [1.165, 1.54) is 0 Å². The van der Waals surface area contributed by atoms with Crippen LogP contribution in [0.5, 0.6) is 0 Å². The number of fused-ring (bicyclic) bond motifs is 2. The number of H-pyrrole nitrogens is 1. The van der Waals surface area contributed by atoms with E-state index < -0.39 is 0 Å². The van der Waals surface area contributed by atoms with Gasteiger partial charge in [0.1, 0.15) is 5.65 Å². The van der Waals surface area contributed by atoms with Crippen LogP contribution in [0.1, 0.15) is 32.6 Å². The quantitative estimate of drug-likeness (QED) is 0.498. The van der Waals surface area contributed by atoms with Crippen LogP contribution in [0, 0.1) is 0 Å². The maximum absolute atomic E-state index is 11.2. The highest BCUT2D eigenvalue weighted by atomic mass is 16.1. The van der Waals surface area contributed by atoms with Gasteiger partial charge in [-0.15, -0.1) is 0 Å². The highest BCUT2D eigenvalue weighted by Gasteiger charge is 2.22. The predicted molar refractivity (Wildman–Crippen MR) is 112 cm³/mol. The van der Waals surface area contributed by atoms with Crippen molar-refractivity contribution >= 4 is 28.4 Å². The Morgan fingerprint density at radius 3 is 2.86 bits per heavy atom. The average molecular weight is 389 g/mol. The fourth-order valence-corrected chi connectivity index (χ4v) is 4.16. The molecule has 8 nitrogen and oxygen atoms in total. The van der Waals surface area contributed by atoms with Crippen LogP contribution in [0.15, 0.2) is 43.0 Å². The molecule has 1 amide bonds. The summed E-state index contributed by atoms with van der Waals surface area (Å²) in [6.07, 6.45) is 11.5. The highest BCUT2D eigenvalue weighted by Crippen LogP contribution is 2.29. The van der Waals surface area contributed by atoms with E-state index in [0.29, 0.717) is 12.0 Å². The van der Waals surface area contributed by atoms with Crippen molar-refractivity contribution in [2.45, 2.75) is 44.7 Å². The lowest BCUT2D eigenvalue weighted by Crippen LogP contribution is -2.39. The summed E-state index contributed by atoms with van der Waals surface area (Å²) >= 11 is 0. The summed E-state index contributed by atoms with van der Waals surface area (Å²) < 4.78 is 1.84. The number of rotatable bonds is 4. The minimum absolute atomic E-state index is 0.0464. The Morgan fingerprint density at radius 2 is 2.03 bits per heavy atom. The third kappa shape index (κ3) is 3.53. The number of hydrogen-bond acceptors (Lipinski definition) is 5. The van der Waals surface area contributed by atoms with E-state index in [2.05, 4.69) is 36.8 Å². The minimum Gasteiger partial charge on any atom is -0.354 e. The Labute approximate surface area is 167 Å². The summed E-state index contributed by atoms with van der Waals surface area (Å²) in [5, 5.41) is 11.7. The molecule has 4 aromatic heterocycles. The maximum atomic E-state index is 11.2. The second-order valence-electron chi connectivity index (χ2n) is 7.67. The number of aromatic amines is 1. The third-order valence-corrected chi connectivity index (χ3v) is 5.61. The zero-order valence-electron chi connectivity index (χ0n) is 16.2. The standard InChI is InChI=1S/C21H23N7O/c1-13(29)25-15-2-4-16(5-3-15)26-21-23-12-19-18(11-22-20(19)27-21)14-7-9-28-17(10-14)6-8-24-28/h6-12,15-16H,2-5H2,1H3,(H,25,29)(H2,22,23,26,27). The van der Waals surface area contributed by atoms with Crippen LogP contribution in [0.4, 0.5) is 5.95 Å². The van der Waals surface area contributed by atoms with Crippen LogP contribution >= 0.6 is 0 Å². The number of carbonyl (C=O) groups excluding carboxylic acids is 1. The molecule has 1 fully saturated rings. The average Bonchev–Trinajstić information content (AvgIpc) is 3.35. The molecule has 1 saturated carbocycles. The molecule has 0 atom stereocenters. The number of anilines is 1. The van der Waals surface area contributed by atoms with E-state index >= 15 is 0 Å². The van der Waals surface area contributed by atoms with Crippen molar-refractivity contribution < 1.29 is 4.79 Å². The highest BCUT2D eigenvalue weighted by molar-refractivity contribution is 5.94. The molecule has 3 N–H and O–H groups in total. The topological polar surface area (TPSA) is 100 Å². The van der Waals surface area contributed by atoms with E-state index in [-0.39, 0.29) is 11.9 Å². The first-order valence-electron chi connectivity index (χ1n) is 9.97. The Balaban J connectivity index is 1.32. The number of nitrogens with zero attached hydrogens (tertiary/aromatic N) is 4. The van der Waals surface area contributed by atoms with Gasteiger partial charge in [-0.25, -0.2) is 9.50 Å². The van der Waals surface area contributed by atoms with E-state index in [0.717, 1.165) is 53.4 Å². The number of aromatic nitrogens is 5. The van der Waals surface area contributed by atoms with Crippen LogP contribution in [0.2, 0.25) is 0 Å². The molecule has 29 heavy (non-hydrogen) atoms. The smallest absolute Gasteiger partial charge is 0.224 e. The van der Waals surface area contributed by atoms with Gasteiger partial charge in [0, 0.05) is 54.7 Å². The van der Waals surface area contributed by atoms with Gasteiger partial charge in [0.15, 0.2) is 0 Å². The van der Waals surface area contributed by atoms with Crippen molar-refractivity contribution in [3.8, 4) is 11.1 Å². The second-order valence-corrected chi connectivity index (χ2v) is 7.67.